The van der Waals surface area contributed by atoms with Gasteiger partial charge in [-0.25, -0.2) is 4.39 Å². The molecule has 0 radical (unpaired) electrons. The van der Waals surface area contributed by atoms with Crippen molar-refractivity contribution in [1.82, 2.24) is 4.90 Å². The summed E-state index contributed by atoms with van der Waals surface area (Å²) in [6.45, 7) is 2.58. The fourth-order valence-corrected chi connectivity index (χ4v) is 3.75. The molecule has 33 heavy (non-hydrogen) atoms. The van der Waals surface area contributed by atoms with Crippen LogP contribution >= 0.6 is 11.8 Å². The van der Waals surface area contributed by atoms with Gasteiger partial charge in [-0.3, -0.25) is 14.9 Å². The lowest BCUT2D eigenvalue weighted by Gasteiger charge is -2.25. The molecular formula is C20H19F4N3O5S. The average molecular weight is 489 g/mol. The predicted octanol–water partition coefficient (Wildman–Crippen LogP) is 1.34. The third kappa shape index (κ3) is 7.71. The van der Waals surface area contributed by atoms with Crippen molar-refractivity contribution < 1.29 is 42.5 Å². The first-order valence-electron chi connectivity index (χ1n) is 9.54. The van der Waals surface area contributed by atoms with E-state index in [1.54, 1.807) is 4.90 Å². The lowest BCUT2D eigenvalue weighted by molar-refractivity contribution is -0.661. The number of piperazine rings is 1. The summed E-state index contributed by atoms with van der Waals surface area (Å²) in [6.07, 6.45) is -5.19. The van der Waals surface area contributed by atoms with Gasteiger partial charge in [-0.2, -0.15) is 13.2 Å². The SMILES string of the molecule is O=C([O-])C(F)(F)F.O=C(c1cc(SCc2ccccc2)c(F)cc1[N+](=O)[O-])N1CC[NH2+]CC1. The van der Waals surface area contributed by atoms with Crippen molar-refractivity contribution in [1.29, 1.82) is 0 Å². The molecule has 2 aromatic rings. The lowest BCUT2D eigenvalue weighted by atomic mass is 10.1. The van der Waals surface area contributed by atoms with Crippen molar-refractivity contribution in [3.05, 3.63) is 69.5 Å². The van der Waals surface area contributed by atoms with E-state index in [9.17, 15) is 32.5 Å². The first kappa shape index (κ1) is 26.1. The van der Waals surface area contributed by atoms with Crippen molar-refractivity contribution in [2.24, 2.45) is 0 Å². The number of halogens is 4. The van der Waals surface area contributed by atoms with E-state index in [-0.39, 0.29) is 10.5 Å². The second-order valence-corrected chi connectivity index (χ2v) is 7.79. The molecule has 13 heteroatoms. The average Bonchev–Trinajstić information content (AvgIpc) is 2.78. The van der Waals surface area contributed by atoms with Gasteiger partial charge < -0.3 is 20.1 Å². The number of nitrogens with two attached hydrogens (primary N) is 1. The Hall–Kier alpha value is -3.19. The van der Waals surface area contributed by atoms with Crippen LogP contribution in [0.25, 0.3) is 0 Å². The number of nitro benzene ring substituents is 1. The Kier molecular flexibility index (Phi) is 9.17. The van der Waals surface area contributed by atoms with E-state index in [0.29, 0.717) is 18.8 Å². The first-order chi connectivity index (χ1) is 15.5. The summed E-state index contributed by atoms with van der Waals surface area (Å²) in [5, 5.41) is 22.2. The maximum atomic E-state index is 14.3. The van der Waals surface area contributed by atoms with Gasteiger partial charge in [0.05, 0.1) is 37.2 Å². The highest BCUT2D eigenvalue weighted by atomic mass is 32.2. The van der Waals surface area contributed by atoms with E-state index in [1.165, 1.54) is 17.8 Å². The second kappa shape index (κ2) is 11.6. The molecule has 0 spiro atoms. The zero-order chi connectivity index (χ0) is 24.6. The number of quaternary nitrogens is 1. The molecule has 0 aromatic heterocycles. The van der Waals surface area contributed by atoms with Crippen LogP contribution in [0.15, 0.2) is 47.4 Å². The third-order valence-electron chi connectivity index (χ3n) is 4.44. The molecule has 0 unspecified atom stereocenters. The Morgan fingerprint density at radius 3 is 2.21 bits per heavy atom. The van der Waals surface area contributed by atoms with E-state index in [2.05, 4.69) is 5.32 Å². The number of benzene rings is 2. The van der Waals surface area contributed by atoms with E-state index in [0.717, 1.165) is 24.7 Å². The quantitative estimate of drug-likeness (QED) is 0.293. The molecule has 0 bridgehead atoms. The van der Waals surface area contributed by atoms with Crippen LogP contribution in [0.4, 0.5) is 23.2 Å². The Labute approximate surface area is 189 Å². The Morgan fingerprint density at radius 2 is 1.70 bits per heavy atom. The maximum Gasteiger partial charge on any atom is 0.430 e. The molecule has 1 aliphatic rings. The molecular weight excluding hydrogens is 470 g/mol. The Morgan fingerprint density at radius 1 is 1.12 bits per heavy atom. The van der Waals surface area contributed by atoms with E-state index in [4.69, 9.17) is 9.90 Å². The van der Waals surface area contributed by atoms with Crippen LogP contribution in [0.5, 0.6) is 0 Å². The van der Waals surface area contributed by atoms with Crippen LogP contribution < -0.4 is 10.4 Å². The maximum absolute atomic E-state index is 14.3. The summed E-state index contributed by atoms with van der Waals surface area (Å²) in [5.74, 6) is -3.58. The zero-order valence-corrected chi connectivity index (χ0v) is 17.8. The molecule has 3 rings (SSSR count). The van der Waals surface area contributed by atoms with Gasteiger partial charge in [-0.05, 0) is 11.6 Å². The number of amides is 1. The summed E-state index contributed by atoms with van der Waals surface area (Å²) in [6, 6.07) is 11.7. The number of thioether (sulfide) groups is 1. The minimum atomic E-state index is -5.19. The summed E-state index contributed by atoms with van der Waals surface area (Å²) < 4.78 is 45.9. The number of carbonyl (C=O) groups is 2. The number of carbonyl (C=O) groups excluding carboxylic acids is 2. The minimum Gasteiger partial charge on any atom is -0.542 e. The number of hydrogen-bond acceptors (Lipinski definition) is 6. The molecule has 1 aliphatic heterocycles. The van der Waals surface area contributed by atoms with Crippen LogP contribution in [0.3, 0.4) is 0 Å². The number of carboxylic acids is 1. The van der Waals surface area contributed by atoms with Gasteiger partial charge in [0.1, 0.15) is 17.3 Å². The number of alkyl halides is 3. The van der Waals surface area contributed by atoms with Gasteiger partial charge >= 0.3 is 6.18 Å². The number of aliphatic carboxylic acids is 1. The molecule has 178 valence electrons. The molecule has 1 amide bonds. The van der Waals surface area contributed by atoms with Gasteiger partial charge in [0.2, 0.25) is 0 Å². The lowest BCUT2D eigenvalue weighted by Crippen LogP contribution is -2.89. The first-order valence-corrected chi connectivity index (χ1v) is 10.5. The molecule has 1 heterocycles. The van der Waals surface area contributed by atoms with Crippen LogP contribution in [0.1, 0.15) is 15.9 Å². The van der Waals surface area contributed by atoms with Gasteiger partial charge in [0.25, 0.3) is 11.6 Å². The van der Waals surface area contributed by atoms with Crippen molar-refractivity contribution >= 4 is 29.3 Å². The van der Waals surface area contributed by atoms with Gasteiger partial charge in [-0.15, -0.1) is 11.8 Å². The van der Waals surface area contributed by atoms with Crippen LogP contribution in [0.2, 0.25) is 0 Å². The molecule has 0 aliphatic carbocycles. The number of carboxylic acid groups (broad SMARTS) is 1. The predicted molar refractivity (Wildman–Crippen MR) is 108 cm³/mol. The number of rotatable bonds is 5. The Bertz CT molecular complexity index is 999. The Balaban J connectivity index is 0.000000479. The van der Waals surface area contributed by atoms with Gasteiger partial charge in [-0.1, -0.05) is 30.3 Å². The fraction of sp³-hybridized carbons (Fsp3) is 0.300. The van der Waals surface area contributed by atoms with E-state index >= 15 is 0 Å². The van der Waals surface area contributed by atoms with Gasteiger partial charge in [0.15, 0.2) is 0 Å². The summed E-state index contributed by atoms with van der Waals surface area (Å²) >= 11 is 1.22. The topological polar surface area (TPSA) is 120 Å². The largest absolute Gasteiger partial charge is 0.542 e. The van der Waals surface area contributed by atoms with Crippen molar-refractivity contribution in [3.63, 3.8) is 0 Å². The molecule has 0 atom stereocenters. The van der Waals surface area contributed by atoms with Crippen LogP contribution in [0, 0.1) is 15.9 Å². The highest BCUT2D eigenvalue weighted by molar-refractivity contribution is 7.98. The van der Waals surface area contributed by atoms with Crippen molar-refractivity contribution in [2.75, 3.05) is 26.2 Å². The number of nitro groups is 1. The summed E-state index contributed by atoms with van der Waals surface area (Å²) in [7, 11) is 0. The smallest absolute Gasteiger partial charge is 0.430 e. The van der Waals surface area contributed by atoms with E-state index in [1.807, 2.05) is 30.3 Å². The zero-order valence-electron chi connectivity index (χ0n) is 17.0. The molecule has 8 nitrogen and oxygen atoms in total. The molecule has 2 N–H and O–H groups in total. The van der Waals surface area contributed by atoms with Crippen molar-refractivity contribution in [2.45, 2.75) is 16.8 Å². The summed E-state index contributed by atoms with van der Waals surface area (Å²) in [4.78, 5) is 34.0. The fourth-order valence-electron chi connectivity index (χ4n) is 2.83. The normalized spacial score (nSPS) is 13.6. The second-order valence-electron chi connectivity index (χ2n) is 6.77. The molecule has 0 saturated carbocycles. The summed E-state index contributed by atoms with van der Waals surface area (Å²) in [5.41, 5.74) is 0.481. The standard InChI is InChI=1S/C18H18FN3O3S.C2HF3O2/c19-15-11-16(22(24)25)14(18(23)21-8-6-20-7-9-21)10-17(15)26-12-13-4-2-1-3-5-13;3-2(4,5)1(6)7/h1-5,10-11,20H,6-9,12H2;(H,6,7). The van der Waals surface area contributed by atoms with Crippen molar-refractivity contribution in [3.8, 4) is 0 Å². The third-order valence-corrected chi connectivity index (χ3v) is 5.54. The number of hydrogen-bond donors (Lipinski definition) is 1. The molecule has 1 fully saturated rings. The minimum absolute atomic E-state index is 0.0474. The highest BCUT2D eigenvalue weighted by Gasteiger charge is 2.29. The van der Waals surface area contributed by atoms with E-state index < -0.39 is 34.5 Å². The van der Waals surface area contributed by atoms with Crippen LogP contribution in [-0.2, 0) is 10.5 Å². The van der Waals surface area contributed by atoms with Gasteiger partial charge in [0, 0.05) is 10.6 Å². The molecule has 1 saturated heterocycles. The van der Waals surface area contributed by atoms with Crippen LogP contribution in [-0.4, -0.2) is 54.1 Å². The molecule has 2 aromatic carbocycles. The highest BCUT2D eigenvalue weighted by Crippen LogP contribution is 2.32. The monoisotopic (exact) mass is 489 g/mol. The number of nitrogens with zero attached hydrogens (tertiary/aromatic N) is 2.